The molecule has 0 bridgehead atoms. The zero-order valence-corrected chi connectivity index (χ0v) is 39.8. The molecule has 0 aromatic heterocycles. The van der Waals surface area contributed by atoms with Crippen LogP contribution in [0.2, 0.25) is 0 Å². The van der Waals surface area contributed by atoms with Crippen LogP contribution in [0, 0.1) is 0 Å². The van der Waals surface area contributed by atoms with E-state index in [2.05, 4.69) is 74.6 Å². The minimum absolute atomic E-state index is 0.0957. The number of ether oxygens (including phenoxy) is 2. The third-order valence-electron chi connectivity index (χ3n) is 10.4. The zero-order valence-electron chi connectivity index (χ0n) is 38.9. The van der Waals surface area contributed by atoms with Gasteiger partial charge in [0, 0.05) is 19.6 Å². The lowest BCUT2D eigenvalue weighted by atomic mass is 10.0. The molecule has 0 aromatic rings. The number of allylic oxidation sites excluding steroid dienone is 10. The van der Waals surface area contributed by atoms with Crippen molar-refractivity contribution in [1.82, 2.24) is 0 Å². The van der Waals surface area contributed by atoms with Crippen LogP contribution in [0.3, 0.4) is 0 Å². The molecule has 0 spiro atoms. The summed E-state index contributed by atoms with van der Waals surface area (Å²) in [5.41, 5.74) is 5.38. The van der Waals surface area contributed by atoms with Crippen molar-refractivity contribution in [3.05, 3.63) is 60.8 Å². The lowest BCUT2D eigenvalue weighted by Gasteiger charge is -2.20. The molecule has 0 aliphatic carbocycles. The minimum atomic E-state index is -4.29. The van der Waals surface area contributed by atoms with E-state index >= 15 is 0 Å². The molecule has 8 nitrogen and oxygen atoms in total. The van der Waals surface area contributed by atoms with Gasteiger partial charge < -0.3 is 20.1 Å². The van der Waals surface area contributed by atoms with Gasteiger partial charge in [0.2, 0.25) is 0 Å². The molecule has 0 fully saturated rings. The molecular formula is C51H94NO7P. The molecule has 2 unspecified atom stereocenters. The molecule has 0 rings (SSSR count). The van der Waals surface area contributed by atoms with Crippen molar-refractivity contribution in [2.75, 3.05) is 33.0 Å². The number of hydrogen-bond donors (Lipinski definition) is 2. The summed E-state index contributed by atoms with van der Waals surface area (Å²) in [6.45, 7) is 4.87. The Bertz CT molecular complexity index is 1110. The maximum Gasteiger partial charge on any atom is 0.472 e. The molecule has 0 aliphatic rings. The van der Waals surface area contributed by atoms with Gasteiger partial charge in [-0.05, 0) is 83.5 Å². The fraction of sp³-hybridized carbons (Fsp3) is 0.784. The van der Waals surface area contributed by atoms with Crippen LogP contribution in [0.4, 0.5) is 0 Å². The number of unbranched alkanes of at least 4 members (excludes halogenated alkanes) is 24. The Morgan fingerprint density at radius 2 is 0.883 bits per heavy atom. The molecule has 9 heteroatoms. The molecule has 0 saturated heterocycles. The number of phosphoric acid groups is 1. The van der Waals surface area contributed by atoms with Crippen molar-refractivity contribution in [3.63, 3.8) is 0 Å². The Kier molecular flexibility index (Phi) is 46.8. The maximum atomic E-state index is 12.6. The van der Waals surface area contributed by atoms with E-state index in [-0.39, 0.29) is 32.3 Å². The first kappa shape index (κ1) is 58.2. The van der Waals surface area contributed by atoms with E-state index in [1.807, 2.05) is 0 Å². The van der Waals surface area contributed by atoms with Gasteiger partial charge in [0.25, 0.3) is 0 Å². The fourth-order valence-electron chi connectivity index (χ4n) is 6.74. The van der Waals surface area contributed by atoms with E-state index in [1.165, 1.54) is 135 Å². The lowest BCUT2D eigenvalue weighted by Crippen LogP contribution is -2.28. The molecular weight excluding hydrogens is 770 g/mol. The highest BCUT2D eigenvalue weighted by atomic mass is 31.2. The van der Waals surface area contributed by atoms with Crippen molar-refractivity contribution in [3.8, 4) is 0 Å². The van der Waals surface area contributed by atoms with Crippen LogP contribution in [-0.4, -0.2) is 49.9 Å². The van der Waals surface area contributed by atoms with Crippen LogP contribution in [0.15, 0.2) is 60.8 Å². The molecule has 0 amide bonds. The molecule has 2 atom stereocenters. The van der Waals surface area contributed by atoms with Gasteiger partial charge in [0.05, 0.1) is 19.8 Å². The maximum absolute atomic E-state index is 12.6. The standard InChI is InChI=1S/C51H94NO7P/c1-3-5-7-9-11-13-15-17-19-21-22-23-24-25-26-27-28-29-30-32-34-36-38-40-42-44-51(53)59-50(49-58-60(54,55)57-47-45-52)48-56-46-43-41-39-37-35-33-31-20-18-16-14-12-10-8-6-4-2/h12,14-15,17-18,20-22,24-25,50H,3-11,13,16,19,23,26-49,52H2,1-2H3,(H,54,55)/b14-12-,17-15-,20-18-,22-21-,25-24-. The number of carbonyl (C=O) groups is 1. The molecule has 0 heterocycles. The van der Waals surface area contributed by atoms with Gasteiger partial charge in [-0.1, -0.05) is 190 Å². The predicted octanol–water partition coefficient (Wildman–Crippen LogP) is 15.3. The second-order valence-electron chi connectivity index (χ2n) is 16.3. The number of carbonyl (C=O) groups excluding carboxylic acids is 1. The van der Waals surface area contributed by atoms with E-state index in [0.29, 0.717) is 13.0 Å². The average molecular weight is 864 g/mol. The van der Waals surface area contributed by atoms with Crippen LogP contribution in [0.1, 0.15) is 219 Å². The van der Waals surface area contributed by atoms with Gasteiger partial charge in [-0.15, -0.1) is 0 Å². The van der Waals surface area contributed by atoms with Crippen molar-refractivity contribution in [2.24, 2.45) is 5.73 Å². The summed E-state index contributed by atoms with van der Waals surface area (Å²) in [7, 11) is -4.29. The highest BCUT2D eigenvalue weighted by Gasteiger charge is 2.25. The Morgan fingerprint density at radius 3 is 1.35 bits per heavy atom. The SMILES string of the molecule is CCCCC/C=C\C/C=C\CCCCCCCCOCC(COP(=O)(O)OCCN)OC(=O)CCCCCCCCCCCC/C=C\C/C=C\C/C=C\CCCCCCC. The van der Waals surface area contributed by atoms with Crippen molar-refractivity contribution in [2.45, 2.75) is 225 Å². The quantitative estimate of drug-likeness (QED) is 0.0269. The fourth-order valence-corrected chi connectivity index (χ4v) is 7.51. The lowest BCUT2D eigenvalue weighted by molar-refractivity contribution is -0.154. The number of nitrogens with two attached hydrogens (primary N) is 1. The van der Waals surface area contributed by atoms with Gasteiger partial charge >= 0.3 is 13.8 Å². The predicted molar refractivity (Wildman–Crippen MR) is 256 cm³/mol. The van der Waals surface area contributed by atoms with E-state index < -0.39 is 13.9 Å². The number of rotatable bonds is 47. The van der Waals surface area contributed by atoms with Crippen LogP contribution in [0.5, 0.6) is 0 Å². The van der Waals surface area contributed by atoms with Crippen molar-refractivity contribution < 1.29 is 32.8 Å². The van der Waals surface area contributed by atoms with Crippen LogP contribution >= 0.6 is 7.82 Å². The molecule has 350 valence electrons. The highest BCUT2D eigenvalue weighted by molar-refractivity contribution is 7.47. The van der Waals surface area contributed by atoms with Gasteiger partial charge in [-0.2, -0.15) is 0 Å². The summed E-state index contributed by atoms with van der Waals surface area (Å²) in [6, 6.07) is 0. The summed E-state index contributed by atoms with van der Waals surface area (Å²) in [6.07, 6.45) is 59.6. The summed E-state index contributed by atoms with van der Waals surface area (Å²) < 4.78 is 33.5. The van der Waals surface area contributed by atoms with Crippen LogP contribution in [-0.2, 0) is 27.9 Å². The summed E-state index contributed by atoms with van der Waals surface area (Å²) in [5, 5.41) is 0. The average Bonchev–Trinajstić information content (AvgIpc) is 3.24. The van der Waals surface area contributed by atoms with Crippen molar-refractivity contribution >= 4 is 13.8 Å². The number of esters is 1. The Balaban J connectivity index is 3.97. The van der Waals surface area contributed by atoms with Gasteiger partial charge in [0.15, 0.2) is 0 Å². The second-order valence-corrected chi connectivity index (χ2v) is 17.8. The third kappa shape index (κ3) is 47.3. The van der Waals surface area contributed by atoms with Gasteiger partial charge in [-0.3, -0.25) is 13.8 Å². The molecule has 0 aliphatic heterocycles. The number of phosphoric ester groups is 1. The Labute approximate surface area is 370 Å². The minimum Gasteiger partial charge on any atom is -0.457 e. The van der Waals surface area contributed by atoms with Crippen molar-refractivity contribution in [1.29, 1.82) is 0 Å². The summed E-state index contributed by atoms with van der Waals surface area (Å²) in [5.74, 6) is -0.339. The molecule has 0 saturated carbocycles. The van der Waals surface area contributed by atoms with E-state index in [9.17, 15) is 14.3 Å². The van der Waals surface area contributed by atoms with E-state index in [0.717, 1.165) is 64.2 Å². The Hall–Kier alpha value is -1.80. The van der Waals surface area contributed by atoms with Gasteiger partial charge in [0.1, 0.15) is 6.10 Å². The largest absolute Gasteiger partial charge is 0.472 e. The molecule has 3 N–H and O–H groups in total. The number of hydrogen-bond acceptors (Lipinski definition) is 7. The smallest absolute Gasteiger partial charge is 0.457 e. The molecule has 60 heavy (non-hydrogen) atoms. The topological polar surface area (TPSA) is 117 Å². The first-order valence-corrected chi connectivity index (χ1v) is 26.3. The normalized spacial score (nSPS) is 13.9. The zero-order chi connectivity index (χ0) is 43.7. The summed E-state index contributed by atoms with van der Waals surface area (Å²) in [4.78, 5) is 22.6. The monoisotopic (exact) mass is 864 g/mol. The van der Waals surface area contributed by atoms with Crippen LogP contribution in [0.25, 0.3) is 0 Å². The second kappa shape index (κ2) is 48.2. The van der Waals surface area contributed by atoms with Gasteiger partial charge in [-0.25, -0.2) is 4.57 Å². The first-order chi connectivity index (χ1) is 29.4. The highest BCUT2D eigenvalue weighted by Crippen LogP contribution is 2.43. The molecule has 0 radical (unpaired) electrons. The summed E-state index contributed by atoms with van der Waals surface area (Å²) >= 11 is 0. The van der Waals surface area contributed by atoms with E-state index in [1.54, 1.807) is 0 Å². The Morgan fingerprint density at radius 1 is 0.500 bits per heavy atom. The van der Waals surface area contributed by atoms with Crippen LogP contribution < -0.4 is 5.73 Å². The molecule has 0 aromatic carbocycles. The third-order valence-corrected chi connectivity index (χ3v) is 11.4. The first-order valence-electron chi connectivity index (χ1n) is 24.8. The van der Waals surface area contributed by atoms with E-state index in [4.69, 9.17) is 24.3 Å².